The van der Waals surface area contributed by atoms with Gasteiger partial charge in [-0.3, -0.25) is 0 Å². The van der Waals surface area contributed by atoms with Crippen molar-refractivity contribution in [2.24, 2.45) is 7.05 Å². The second-order valence-electron chi connectivity index (χ2n) is 6.54. The Morgan fingerprint density at radius 1 is 0.963 bits per heavy atom. The lowest BCUT2D eigenvalue weighted by atomic mass is 10.1. The van der Waals surface area contributed by atoms with Crippen molar-refractivity contribution < 1.29 is 0 Å². The zero-order chi connectivity index (χ0) is 18.8. The quantitative estimate of drug-likeness (QED) is 0.420. The highest BCUT2D eigenvalue weighted by molar-refractivity contribution is 7.98. The Balaban J connectivity index is 1.48. The highest BCUT2D eigenvalue weighted by Crippen LogP contribution is 2.29. The van der Waals surface area contributed by atoms with Gasteiger partial charge in [-0.2, -0.15) is 0 Å². The minimum Gasteiger partial charge on any atom is -0.305 e. The van der Waals surface area contributed by atoms with E-state index in [-0.39, 0.29) is 0 Å². The van der Waals surface area contributed by atoms with Crippen LogP contribution < -0.4 is 0 Å². The van der Waals surface area contributed by atoms with E-state index in [4.69, 9.17) is 4.98 Å². The second-order valence-corrected chi connectivity index (χ2v) is 8.34. The molecule has 2 heterocycles. The minimum atomic E-state index is 0.780. The highest BCUT2D eigenvalue weighted by atomic mass is 32.2. The van der Waals surface area contributed by atoms with Crippen LogP contribution in [0.3, 0.4) is 0 Å². The van der Waals surface area contributed by atoms with Gasteiger partial charge in [0.2, 0.25) is 0 Å². The van der Waals surface area contributed by atoms with Crippen molar-refractivity contribution in [1.82, 2.24) is 19.7 Å². The molecule has 0 unspecified atom stereocenters. The third kappa shape index (κ3) is 3.96. The zero-order valence-corrected chi connectivity index (χ0v) is 17.1. The Kier molecular flexibility index (Phi) is 5.09. The Morgan fingerprint density at radius 2 is 1.67 bits per heavy atom. The number of hydrogen-bond donors (Lipinski definition) is 0. The van der Waals surface area contributed by atoms with Gasteiger partial charge in [-0.15, -0.1) is 21.5 Å². The minimum absolute atomic E-state index is 0.780. The molecule has 2 aromatic heterocycles. The number of aryl methyl sites for hydroxylation is 2. The predicted molar refractivity (Wildman–Crippen MR) is 113 cm³/mol. The number of aromatic nitrogens is 4. The van der Waals surface area contributed by atoms with Crippen LogP contribution in [0.25, 0.3) is 22.0 Å². The van der Waals surface area contributed by atoms with Gasteiger partial charge in [-0.1, -0.05) is 59.3 Å². The van der Waals surface area contributed by atoms with Gasteiger partial charge in [0.1, 0.15) is 5.01 Å². The molecule has 0 bridgehead atoms. The van der Waals surface area contributed by atoms with E-state index >= 15 is 0 Å². The maximum atomic E-state index is 4.78. The average molecular weight is 393 g/mol. The summed E-state index contributed by atoms with van der Waals surface area (Å²) in [5.41, 5.74) is 5.81. The fourth-order valence-corrected chi connectivity index (χ4v) is 4.62. The molecule has 0 radical (unpaired) electrons. The van der Waals surface area contributed by atoms with Crippen molar-refractivity contribution >= 4 is 23.1 Å². The first-order chi connectivity index (χ1) is 13.1. The summed E-state index contributed by atoms with van der Waals surface area (Å²) < 4.78 is 2.05. The molecule has 0 spiro atoms. The molecule has 4 nitrogen and oxygen atoms in total. The largest absolute Gasteiger partial charge is 0.305 e. The lowest BCUT2D eigenvalue weighted by Crippen LogP contribution is -1.95. The monoisotopic (exact) mass is 392 g/mol. The molecule has 0 aliphatic heterocycles. The molecular formula is C21H20N4S2. The number of benzene rings is 2. The summed E-state index contributed by atoms with van der Waals surface area (Å²) in [6.07, 6.45) is 0. The Morgan fingerprint density at radius 3 is 2.41 bits per heavy atom. The number of thioether (sulfide) groups is 1. The number of hydrogen-bond acceptors (Lipinski definition) is 5. The van der Waals surface area contributed by atoms with Crippen molar-refractivity contribution in [3.8, 4) is 22.0 Å². The lowest BCUT2D eigenvalue weighted by molar-refractivity contribution is 0.793. The summed E-state index contributed by atoms with van der Waals surface area (Å²) in [4.78, 5) is 4.78. The maximum absolute atomic E-state index is 4.78. The third-order valence-corrected chi connectivity index (χ3v) is 6.27. The van der Waals surface area contributed by atoms with Gasteiger partial charge in [-0.05, 0) is 26.0 Å². The van der Waals surface area contributed by atoms with Crippen molar-refractivity contribution in [3.05, 3.63) is 70.7 Å². The van der Waals surface area contributed by atoms with Gasteiger partial charge in [0.05, 0.1) is 5.69 Å². The number of thiazole rings is 1. The molecule has 0 amide bonds. The molecule has 0 aliphatic carbocycles. The lowest BCUT2D eigenvalue weighted by Gasteiger charge is -2.04. The molecule has 27 heavy (non-hydrogen) atoms. The van der Waals surface area contributed by atoms with Gasteiger partial charge in [0.15, 0.2) is 11.0 Å². The van der Waals surface area contributed by atoms with Crippen LogP contribution in [0.4, 0.5) is 0 Å². The van der Waals surface area contributed by atoms with Gasteiger partial charge < -0.3 is 4.57 Å². The Hall–Kier alpha value is -2.44. The summed E-state index contributed by atoms with van der Waals surface area (Å²) in [5, 5.41) is 12.8. The summed E-state index contributed by atoms with van der Waals surface area (Å²) in [6, 6.07) is 16.8. The molecule has 4 aromatic rings. The van der Waals surface area contributed by atoms with Gasteiger partial charge in [-0.25, -0.2) is 4.98 Å². The molecule has 4 rings (SSSR count). The second kappa shape index (κ2) is 7.66. The molecule has 6 heteroatoms. The van der Waals surface area contributed by atoms with Gasteiger partial charge >= 0.3 is 0 Å². The average Bonchev–Trinajstić information content (AvgIpc) is 3.27. The van der Waals surface area contributed by atoms with Crippen LogP contribution in [0.2, 0.25) is 0 Å². The Labute approximate surface area is 167 Å². The van der Waals surface area contributed by atoms with Crippen LogP contribution in [0, 0.1) is 13.8 Å². The van der Waals surface area contributed by atoms with E-state index in [1.165, 1.54) is 16.7 Å². The molecule has 0 fully saturated rings. The molecule has 0 atom stereocenters. The van der Waals surface area contributed by atoms with E-state index in [2.05, 4.69) is 71.9 Å². The van der Waals surface area contributed by atoms with Gasteiger partial charge in [0, 0.05) is 29.3 Å². The summed E-state index contributed by atoms with van der Waals surface area (Å²) in [7, 11) is 2.01. The fraction of sp³-hybridized carbons (Fsp3) is 0.190. The molecular weight excluding hydrogens is 372 g/mol. The molecule has 2 aromatic carbocycles. The van der Waals surface area contributed by atoms with Crippen molar-refractivity contribution in [2.75, 3.05) is 0 Å². The summed E-state index contributed by atoms with van der Waals surface area (Å²) in [6.45, 7) is 4.19. The third-order valence-electron chi connectivity index (χ3n) is 4.28. The smallest absolute Gasteiger partial charge is 0.191 e. The van der Waals surface area contributed by atoms with Crippen LogP contribution in [-0.2, 0) is 12.8 Å². The topological polar surface area (TPSA) is 43.6 Å². The van der Waals surface area contributed by atoms with Crippen LogP contribution in [0.15, 0.2) is 59.1 Å². The van der Waals surface area contributed by atoms with E-state index in [0.717, 1.165) is 33.0 Å². The zero-order valence-electron chi connectivity index (χ0n) is 15.5. The van der Waals surface area contributed by atoms with Crippen LogP contribution >= 0.6 is 23.1 Å². The summed E-state index contributed by atoms with van der Waals surface area (Å²) in [5.74, 6) is 1.67. The van der Waals surface area contributed by atoms with E-state index < -0.39 is 0 Å². The SMILES string of the molecule is Cc1cccc(-c2nc(CSc3nnc(-c4cccc(C)c4)n3C)cs2)c1. The van der Waals surface area contributed by atoms with E-state index in [1.807, 2.05) is 17.7 Å². The first-order valence-electron chi connectivity index (χ1n) is 8.71. The van der Waals surface area contributed by atoms with Crippen LogP contribution in [0.1, 0.15) is 16.8 Å². The predicted octanol–water partition coefficient (Wildman–Crippen LogP) is 5.51. The van der Waals surface area contributed by atoms with E-state index in [9.17, 15) is 0 Å². The van der Waals surface area contributed by atoms with Crippen LogP contribution in [-0.4, -0.2) is 19.7 Å². The molecule has 0 saturated carbocycles. The molecule has 0 N–H and O–H groups in total. The normalized spacial score (nSPS) is 11.1. The van der Waals surface area contributed by atoms with Crippen molar-refractivity contribution in [3.63, 3.8) is 0 Å². The highest BCUT2D eigenvalue weighted by Gasteiger charge is 2.12. The number of rotatable bonds is 5. The first kappa shape index (κ1) is 17.9. The van der Waals surface area contributed by atoms with E-state index in [0.29, 0.717) is 0 Å². The summed E-state index contributed by atoms with van der Waals surface area (Å²) >= 11 is 3.35. The molecule has 136 valence electrons. The number of nitrogens with zero attached hydrogens (tertiary/aromatic N) is 4. The standard InChI is InChI=1S/C21H20N4S2/c1-14-6-4-8-16(10-14)19-23-24-21(25(19)3)27-13-18-12-26-20(22-18)17-9-5-7-15(2)11-17/h4-12H,13H2,1-3H3. The van der Waals surface area contributed by atoms with Gasteiger partial charge in [0.25, 0.3) is 0 Å². The van der Waals surface area contributed by atoms with E-state index in [1.54, 1.807) is 23.1 Å². The first-order valence-corrected chi connectivity index (χ1v) is 10.6. The van der Waals surface area contributed by atoms with Crippen LogP contribution in [0.5, 0.6) is 0 Å². The van der Waals surface area contributed by atoms with Crippen molar-refractivity contribution in [2.45, 2.75) is 24.8 Å². The fourth-order valence-electron chi connectivity index (χ4n) is 2.90. The van der Waals surface area contributed by atoms with Crippen molar-refractivity contribution in [1.29, 1.82) is 0 Å². The Bertz CT molecular complexity index is 1080. The maximum Gasteiger partial charge on any atom is 0.191 e. The molecule has 0 aliphatic rings. The molecule has 0 saturated heterocycles.